The van der Waals surface area contributed by atoms with Crippen LogP contribution in [0.2, 0.25) is 0 Å². The first kappa shape index (κ1) is 17.8. The molecule has 2 aromatic carbocycles. The summed E-state index contributed by atoms with van der Waals surface area (Å²) in [5.41, 5.74) is 5.01. The molecule has 132 valence electrons. The predicted octanol–water partition coefficient (Wildman–Crippen LogP) is 6.05. The third-order valence-electron chi connectivity index (χ3n) is 4.44. The second-order valence-corrected chi connectivity index (χ2v) is 6.21. The molecule has 0 fully saturated rings. The maximum Gasteiger partial charge on any atom is 0.0459 e. The summed E-state index contributed by atoms with van der Waals surface area (Å²) in [5.74, 6) is 0. The molecule has 0 bridgehead atoms. The number of rotatable bonds is 4. The van der Waals surface area contributed by atoms with Gasteiger partial charge in [0.05, 0.1) is 0 Å². The molecule has 1 aliphatic heterocycles. The fraction of sp³-hybridized carbons (Fsp3) is 0.167. The lowest BCUT2D eigenvalue weighted by Gasteiger charge is -2.14. The van der Waals surface area contributed by atoms with Gasteiger partial charge in [0.25, 0.3) is 0 Å². The van der Waals surface area contributed by atoms with E-state index in [4.69, 9.17) is 0 Å². The summed E-state index contributed by atoms with van der Waals surface area (Å²) >= 11 is 0. The summed E-state index contributed by atoms with van der Waals surface area (Å²) in [6, 6.07) is 8.90. The Morgan fingerprint density at radius 3 is 2.69 bits per heavy atom. The first-order valence-corrected chi connectivity index (χ1v) is 9.15. The number of fused-ring (bicyclic) bond motifs is 3. The zero-order valence-corrected chi connectivity index (χ0v) is 15.5. The van der Waals surface area contributed by atoms with Crippen molar-refractivity contribution < 1.29 is 0 Å². The second kappa shape index (κ2) is 8.91. The number of anilines is 1. The van der Waals surface area contributed by atoms with Gasteiger partial charge in [-0.2, -0.15) is 0 Å². The molecule has 2 aromatic rings. The molecule has 0 atom stereocenters. The maximum absolute atomic E-state index is 3.42. The minimum absolute atomic E-state index is 0.851. The molecule has 0 saturated heterocycles. The van der Waals surface area contributed by atoms with Gasteiger partial charge in [-0.15, -0.1) is 0 Å². The lowest BCUT2D eigenvalue weighted by Crippen LogP contribution is -2.02. The molecule has 26 heavy (non-hydrogen) atoms. The number of benzene rings is 2. The zero-order valence-electron chi connectivity index (χ0n) is 15.5. The van der Waals surface area contributed by atoms with E-state index < -0.39 is 0 Å². The van der Waals surface area contributed by atoms with E-state index in [1.807, 2.05) is 37.6 Å². The highest BCUT2D eigenvalue weighted by molar-refractivity contribution is 6.01. The van der Waals surface area contributed by atoms with Crippen molar-refractivity contribution in [2.24, 2.45) is 0 Å². The van der Waals surface area contributed by atoms with E-state index in [0.717, 1.165) is 18.7 Å². The highest BCUT2D eigenvalue weighted by Gasteiger charge is 2.10. The number of hydrogen-bond acceptors (Lipinski definition) is 2. The maximum atomic E-state index is 3.42. The average Bonchev–Trinajstić information content (AvgIpc) is 2.78. The van der Waals surface area contributed by atoms with Gasteiger partial charge in [-0.1, -0.05) is 60.7 Å². The van der Waals surface area contributed by atoms with Gasteiger partial charge in [0, 0.05) is 24.0 Å². The normalized spacial score (nSPS) is 15.8. The van der Waals surface area contributed by atoms with Gasteiger partial charge in [0.15, 0.2) is 0 Å². The van der Waals surface area contributed by atoms with Crippen LogP contribution in [0.15, 0.2) is 73.1 Å². The van der Waals surface area contributed by atoms with E-state index in [-0.39, 0.29) is 0 Å². The summed E-state index contributed by atoms with van der Waals surface area (Å²) in [6.45, 7) is 4.93. The van der Waals surface area contributed by atoms with Gasteiger partial charge in [-0.3, -0.25) is 0 Å². The largest absolute Gasteiger partial charge is 0.388 e. The van der Waals surface area contributed by atoms with E-state index in [2.05, 4.69) is 72.2 Å². The fourth-order valence-corrected chi connectivity index (χ4v) is 3.23. The van der Waals surface area contributed by atoms with Crippen molar-refractivity contribution in [3.8, 4) is 0 Å². The van der Waals surface area contributed by atoms with Crippen LogP contribution in [0.1, 0.15) is 30.5 Å². The van der Waals surface area contributed by atoms with Crippen molar-refractivity contribution in [2.75, 3.05) is 11.9 Å². The highest BCUT2D eigenvalue weighted by atomic mass is 14.8. The number of nitrogens with one attached hydrogen (secondary N) is 2. The van der Waals surface area contributed by atoms with Crippen molar-refractivity contribution in [1.29, 1.82) is 0 Å². The Kier molecular flexibility index (Phi) is 6.10. The van der Waals surface area contributed by atoms with Crippen LogP contribution >= 0.6 is 0 Å². The lowest BCUT2D eigenvalue weighted by atomic mass is 9.93. The Morgan fingerprint density at radius 1 is 0.962 bits per heavy atom. The Morgan fingerprint density at radius 2 is 1.85 bits per heavy atom. The Labute approximate surface area is 156 Å². The summed E-state index contributed by atoms with van der Waals surface area (Å²) in [4.78, 5) is 0. The molecule has 0 radical (unpaired) electrons. The van der Waals surface area contributed by atoms with Crippen LogP contribution in [0, 0.1) is 0 Å². The molecule has 2 N–H and O–H groups in total. The summed E-state index contributed by atoms with van der Waals surface area (Å²) in [7, 11) is 0. The van der Waals surface area contributed by atoms with Gasteiger partial charge < -0.3 is 10.6 Å². The number of allylic oxidation sites excluding steroid dienone is 5. The molecule has 0 spiro atoms. The first-order chi connectivity index (χ1) is 12.8. The average molecular weight is 342 g/mol. The van der Waals surface area contributed by atoms with E-state index in [1.165, 1.54) is 27.5 Å². The van der Waals surface area contributed by atoms with Crippen LogP contribution in [0.4, 0.5) is 5.69 Å². The minimum Gasteiger partial charge on any atom is -0.388 e. The topological polar surface area (TPSA) is 24.1 Å². The molecular weight excluding hydrogens is 316 g/mol. The molecule has 3 rings (SSSR count). The Hall–Kier alpha value is -3.00. The quantitative estimate of drug-likeness (QED) is 0.661. The molecule has 1 heterocycles. The van der Waals surface area contributed by atoms with Crippen molar-refractivity contribution in [3.05, 3.63) is 89.8 Å². The molecule has 0 unspecified atom stereocenters. The highest BCUT2D eigenvalue weighted by Crippen LogP contribution is 2.32. The van der Waals surface area contributed by atoms with Gasteiger partial charge in [0.1, 0.15) is 0 Å². The third-order valence-corrected chi connectivity index (χ3v) is 4.44. The Bertz CT molecular complexity index is 911. The predicted molar refractivity (Wildman–Crippen MR) is 116 cm³/mol. The van der Waals surface area contributed by atoms with Crippen LogP contribution in [0.3, 0.4) is 0 Å². The molecule has 2 heteroatoms. The fourth-order valence-electron chi connectivity index (χ4n) is 3.23. The van der Waals surface area contributed by atoms with E-state index in [0.29, 0.717) is 0 Å². The number of hydrogen-bond donors (Lipinski definition) is 2. The molecule has 2 nitrogen and oxygen atoms in total. The third kappa shape index (κ3) is 3.97. The summed E-state index contributed by atoms with van der Waals surface area (Å²) < 4.78 is 0. The molecular formula is C24H26N2. The van der Waals surface area contributed by atoms with Crippen molar-refractivity contribution in [3.63, 3.8) is 0 Å². The second-order valence-electron chi connectivity index (χ2n) is 6.21. The van der Waals surface area contributed by atoms with Crippen LogP contribution in [0.5, 0.6) is 0 Å². The summed E-state index contributed by atoms with van der Waals surface area (Å²) in [6.07, 6.45) is 21.9. The van der Waals surface area contributed by atoms with Crippen molar-refractivity contribution in [1.82, 2.24) is 5.32 Å². The monoisotopic (exact) mass is 342 g/mol. The van der Waals surface area contributed by atoms with Crippen LogP contribution in [0.25, 0.3) is 22.9 Å². The van der Waals surface area contributed by atoms with E-state index in [1.54, 1.807) is 0 Å². The molecule has 0 aliphatic carbocycles. The molecule has 1 aliphatic rings. The smallest absolute Gasteiger partial charge is 0.0459 e. The standard InChI is InChI=1S/C24H26N2/c1-3-5-6-18-26-24-15-14-21-20-11-8-17-25-16-7-10-19(20)12-13-22(21)23(24)9-4-2/h3-9,11-16,18,25-26H,10,17H2,1-2H3/b5-3-,9-4-,11-8?,16-7-,18-6+. The minimum atomic E-state index is 0.851. The van der Waals surface area contributed by atoms with Gasteiger partial charge in [-0.25, -0.2) is 0 Å². The SMILES string of the molecule is C/C=C\C=C\Nc1ccc2c3c(ccc2c1/C=C\C)C/C=C\NCC=C3. The van der Waals surface area contributed by atoms with Crippen LogP contribution < -0.4 is 10.6 Å². The van der Waals surface area contributed by atoms with Gasteiger partial charge in [-0.05, 0) is 60.5 Å². The first-order valence-electron chi connectivity index (χ1n) is 9.15. The van der Waals surface area contributed by atoms with Crippen molar-refractivity contribution in [2.45, 2.75) is 20.3 Å². The summed E-state index contributed by atoms with van der Waals surface area (Å²) in [5, 5.41) is 9.26. The molecule has 0 saturated carbocycles. The van der Waals surface area contributed by atoms with Gasteiger partial charge >= 0.3 is 0 Å². The van der Waals surface area contributed by atoms with Crippen molar-refractivity contribution >= 4 is 28.6 Å². The zero-order chi connectivity index (χ0) is 18.2. The lowest BCUT2D eigenvalue weighted by molar-refractivity contribution is 0.982. The van der Waals surface area contributed by atoms with Crippen LogP contribution in [-0.4, -0.2) is 6.54 Å². The van der Waals surface area contributed by atoms with Crippen LogP contribution in [-0.2, 0) is 6.42 Å². The van der Waals surface area contributed by atoms with Gasteiger partial charge in [0.2, 0.25) is 0 Å². The Balaban J connectivity index is 2.14. The van der Waals surface area contributed by atoms with E-state index >= 15 is 0 Å². The van der Waals surface area contributed by atoms with E-state index in [9.17, 15) is 0 Å². The molecule has 0 amide bonds. The molecule has 0 aromatic heterocycles.